The molecule has 2 heterocycles. The average molecular weight is 422 g/mol. The van der Waals surface area contributed by atoms with Crippen LogP contribution >= 0.6 is 15.9 Å². The number of hydrogen-bond donors (Lipinski definition) is 0. The highest BCUT2D eigenvalue weighted by atomic mass is 79.9. The smallest absolute Gasteiger partial charge is 0.228 e. The fraction of sp³-hybridized carbons (Fsp3) is 0.842. The lowest BCUT2D eigenvalue weighted by atomic mass is 9.46. The maximum absolute atomic E-state index is 13.7. The Bertz CT molecular complexity index is 697. The summed E-state index contributed by atoms with van der Waals surface area (Å²) in [5.74, 6) is 1.77. The van der Waals surface area contributed by atoms with E-state index in [1.165, 1.54) is 6.42 Å². The fourth-order valence-corrected chi connectivity index (χ4v) is 7.07. The Morgan fingerprint density at radius 1 is 1.19 bits per heavy atom. The molecule has 1 aromatic rings. The van der Waals surface area contributed by atoms with Crippen molar-refractivity contribution in [2.45, 2.75) is 51.0 Å². The average Bonchev–Trinajstić information content (AvgIpc) is 3.07. The van der Waals surface area contributed by atoms with E-state index in [0.29, 0.717) is 22.5 Å². The molecule has 7 heteroatoms. The molecule has 4 atom stereocenters. The van der Waals surface area contributed by atoms with Crippen LogP contribution in [0.1, 0.15) is 45.4 Å². The van der Waals surface area contributed by atoms with Crippen molar-refractivity contribution in [1.82, 2.24) is 24.6 Å². The van der Waals surface area contributed by atoms with Gasteiger partial charge in [-0.3, -0.25) is 4.79 Å². The van der Waals surface area contributed by atoms with Gasteiger partial charge in [0.05, 0.1) is 11.0 Å². The van der Waals surface area contributed by atoms with Gasteiger partial charge >= 0.3 is 0 Å². The number of likely N-dealkylation sites (N-methyl/N-ethyl adjacent to an activating group) is 1. The van der Waals surface area contributed by atoms with Crippen LogP contribution in [-0.4, -0.2) is 63.2 Å². The van der Waals surface area contributed by atoms with Crippen LogP contribution in [0.15, 0.2) is 11.1 Å². The predicted octanol–water partition coefficient (Wildman–Crippen LogP) is 2.50. The zero-order chi connectivity index (χ0) is 17.9. The second kappa shape index (κ2) is 6.03. The summed E-state index contributed by atoms with van der Waals surface area (Å²) in [6, 6.07) is 0. The number of carbonyl (C=O) groups excluding carboxylic acids is 1. The van der Waals surface area contributed by atoms with Crippen molar-refractivity contribution >= 4 is 21.8 Å². The van der Waals surface area contributed by atoms with Gasteiger partial charge in [-0.05, 0) is 72.8 Å². The maximum Gasteiger partial charge on any atom is 0.228 e. The number of rotatable bonds is 3. The molecule has 5 aliphatic rings. The van der Waals surface area contributed by atoms with Gasteiger partial charge in [-0.2, -0.15) is 0 Å². The van der Waals surface area contributed by atoms with Gasteiger partial charge in [0.1, 0.15) is 6.33 Å². The van der Waals surface area contributed by atoms with E-state index < -0.39 is 0 Å². The van der Waals surface area contributed by atoms with Crippen molar-refractivity contribution in [3.8, 4) is 0 Å². The fourth-order valence-electron chi connectivity index (χ4n) is 6.81. The summed E-state index contributed by atoms with van der Waals surface area (Å²) in [7, 11) is 0. The van der Waals surface area contributed by atoms with Crippen LogP contribution in [-0.2, 0) is 10.3 Å². The minimum absolute atomic E-state index is 0.00397. The van der Waals surface area contributed by atoms with E-state index in [-0.39, 0.29) is 11.0 Å². The normalized spacial score (nSPS) is 39.5. The third-order valence-corrected chi connectivity index (χ3v) is 7.90. The first-order chi connectivity index (χ1) is 12.5. The summed E-state index contributed by atoms with van der Waals surface area (Å²) in [4.78, 5) is 22.6. The first kappa shape index (κ1) is 17.2. The third kappa shape index (κ3) is 2.57. The van der Waals surface area contributed by atoms with Crippen molar-refractivity contribution in [2.24, 2.45) is 17.3 Å². The highest BCUT2D eigenvalue weighted by Crippen LogP contribution is 2.64. The van der Waals surface area contributed by atoms with Gasteiger partial charge in [0.15, 0.2) is 0 Å². The van der Waals surface area contributed by atoms with Gasteiger partial charge in [0.25, 0.3) is 0 Å². The molecule has 142 valence electrons. The van der Waals surface area contributed by atoms with Crippen LogP contribution in [0.4, 0.5) is 0 Å². The van der Waals surface area contributed by atoms with Crippen LogP contribution in [0, 0.1) is 17.3 Å². The first-order valence-electron chi connectivity index (χ1n) is 10.1. The number of amides is 1. The minimum Gasteiger partial charge on any atom is -0.340 e. The monoisotopic (exact) mass is 421 g/mol. The van der Waals surface area contributed by atoms with Crippen molar-refractivity contribution in [3.63, 3.8) is 0 Å². The standard InChI is InChI=1S/C19H28BrN5O/c1-2-23-3-5-24(6-4-23)16(26)18-8-14-7-15(9-18)11-19(10-14,12-18)25-13-21-17(20)22-25/h13-15H,2-12H2,1H3/t14-,15+,18?,19?. The Morgan fingerprint density at radius 2 is 1.88 bits per heavy atom. The Morgan fingerprint density at radius 3 is 2.46 bits per heavy atom. The van der Waals surface area contributed by atoms with Gasteiger partial charge in [0, 0.05) is 26.2 Å². The Labute approximate surface area is 163 Å². The highest BCUT2D eigenvalue weighted by molar-refractivity contribution is 9.10. The van der Waals surface area contributed by atoms with E-state index in [1.807, 2.05) is 6.33 Å². The number of hydrogen-bond acceptors (Lipinski definition) is 4. The summed E-state index contributed by atoms with van der Waals surface area (Å²) in [5.41, 5.74) is -0.152. The molecule has 2 unspecified atom stereocenters. The Balaban J connectivity index is 1.43. The third-order valence-electron chi connectivity index (χ3n) is 7.54. The molecule has 0 aromatic carbocycles. The van der Waals surface area contributed by atoms with E-state index in [9.17, 15) is 4.79 Å². The van der Waals surface area contributed by atoms with Gasteiger partial charge in [-0.1, -0.05) is 6.92 Å². The van der Waals surface area contributed by atoms with Crippen molar-refractivity contribution in [2.75, 3.05) is 32.7 Å². The molecule has 4 saturated carbocycles. The van der Waals surface area contributed by atoms with Crippen LogP contribution in [0.2, 0.25) is 0 Å². The summed E-state index contributed by atoms with van der Waals surface area (Å²) < 4.78 is 2.75. The number of nitrogens with zero attached hydrogens (tertiary/aromatic N) is 5. The van der Waals surface area contributed by atoms with Gasteiger partial charge in [0.2, 0.25) is 10.6 Å². The molecular weight excluding hydrogens is 394 g/mol. The molecule has 0 spiro atoms. The van der Waals surface area contributed by atoms with Crippen molar-refractivity contribution < 1.29 is 4.79 Å². The maximum atomic E-state index is 13.7. The zero-order valence-electron chi connectivity index (χ0n) is 15.5. The van der Waals surface area contributed by atoms with Gasteiger partial charge in [-0.15, -0.1) is 5.10 Å². The summed E-state index contributed by atoms with van der Waals surface area (Å²) >= 11 is 3.41. The lowest BCUT2D eigenvalue weighted by Gasteiger charge is -2.61. The van der Waals surface area contributed by atoms with E-state index in [1.54, 1.807) is 0 Å². The molecule has 0 radical (unpaired) electrons. The van der Waals surface area contributed by atoms with Gasteiger partial charge < -0.3 is 9.80 Å². The SMILES string of the molecule is CCN1CCN(C(=O)C23C[C@H]4C[C@@H](C2)CC(n2cnc(Br)n2)(C4)C3)CC1. The summed E-state index contributed by atoms with van der Waals surface area (Å²) in [5, 5.41) is 4.62. The summed E-state index contributed by atoms with van der Waals surface area (Å²) in [6.07, 6.45) is 8.64. The second-order valence-electron chi connectivity index (χ2n) is 9.15. The van der Waals surface area contributed by atoms with E-state index in [4.69, 9.17) is 0 Å². The molecule has 1 aromatic heterocycles. The number of halogens is 1. The molecule has 4 bridgehead atoms. The number of piperazine rings is 1. The molecule has 26 heavy (non-hydrogen) atoms. The lowest BCUT2D eigenvalue weighted by Crippen LogP contribution is -2.63. The van der Waals surface area contributed by atoms with Crippen LogP contribution < -0.4 is 0 Å². The van der Waals surface area contributed by atoms with Crippen LogP contribution in [0.25, 0.3) is 0 Å². The van der Waals surface area contributed by atoms with Gasteiger partial charge in [-0.25, -0.2) is 9.67 Å². The molecule has 6 nitrogen and oxygen atoms in total. The zero-order valence-corrected chi connectivity index (χ0v) is 17.1. The molecule has 1 amide bonds. The van der Waals surface area contributed by atoms with Crippen molar-refractivity contribution in [1.29, 1.82) is 0 Å². The molecular formula is C19H28BrN5O. The molecule has 5 fully saturated rings. The van der Waals surface area contributed by atoms with E-state index in [0.717, 1.165) is 64.8 Å². The lowest BCUT2D eigenvalue weighted by molar-refractivity contribution is -0.168. The highest BCUT2D eigenvalue weighted by Gasteiger charge is 2.62. The van der Waals surface area contributed by atoms with E-state index in [2.05, 4.69) is 47.4 Å². The van der Waals surface area contributed by atoms with E-state index >= 15 is 0 Å². The molecule has 1 saturated heterocycles. The van der Waals surface area contributed by atoms with Crippen LogP contribution in [0.5, 0.6) is 0 Å². The summed E-state index contributed by atoms with van der Waals surface area (Å²) in [6.45, 7) is 7.12. The molecule has 4 aliphatic carbocycles. The molecule has 0 N–H and O–H groups in total. The second-order valence-corrected chi connectivity index (χ2v) is 9.86. The predicted molar refractivity (Wildman–Crippen MR) is 102 cm³/mol. The topological polar surface area (TPSA) is 54.3 Å². The molecule has 1 aliphatic heterocycles. The van der Waals surface area contributed by atoms with Crippen molar-refractivity contribution in [3.05, 3.63) is 11.1 Å². The minimum atomic E-state index is -0.156. The number of aromatic nitrogens is 3. The number of carbonyl (C=O) groups is 1. The van der Waals surface area contributed by atoms with Crippen LogP contribution in [0.3, 0.4) is 0 Å². The first-order valence-corrected chi connectivity index (χ1v) is 10.9. The quantitative estimate of drug-likeness (QED) is 0.751. The molecule has 6 rings (SSSR count). The Hall–Kier alpha value is -0.950. The Kier molecular flexibility index (Phi) is 3.98. The largest absolute Gasteiger partial charge is 0.340 e.